The van der Waals surface area contributed by atoms with Crippen molar-refractivity contribution in [2.75, 3.05) is 38.3 Å². The number of carbonyl (C=O) groups excluding carboxylic acids is 1. The van der Waals surface area contributed by atoms with Crippen molar-refractivity contribution in [1.82, 2.24) is 20.2 Å². The van der Waals surface area contributed by atoms with E-state index in [9.17, 15) is 18.0 Å². The minimum Gasteiger partial charge on any atom is -0.379 e. The zero-order valence-electron chi connectivity index (χ0n) is 21.1. The molecule has 0 radical (unpaired) electrons. The summed E-state index contributed by atoms with van der Waals surface area (Å²) in [6, 6.07) is 4.38. The van der Waals surface area contributed by atoms with Crippen LogP contribution in [0.2, 0.25) is 0 Å². The first-order valence-electron chi connectivity index (χ1n) is 12.7. The lowest BCUT2D eigenvalue weighted by molar-refractivity contribution is -0.137. The summed E-state index contributed by atoms with van der Waals surface area (Å²) in [6.45, 7) is 5.08. The van der Waals surface area contributed by atoms with Gasteiger partial charge >= 0.3 is 6.18 Å². The van der Waals surface area contributed by atoms with Crippen LogP contribution in [0.3, 0.4) is 0 Å². The van der Waals surface area contributed by atoms with Crippen molar-refractivity contribution < 1.29 is 27.4 Å². The van der Waals surface area contributed by atoms with Gasteiger partial charge in [0.15, 0.2) is 0 Å². The lowest BCUT2D eigenvalue weighted by atomic mass is 9.99. The molecule has 1 aromatic carbocycles. The number of hydrogen-bond acceptors (Lipinski definition) is 7. The van der Waals surface area contributed by atoms with Crippen molar-refractivity contribution in [3.8, 4) is 0 Å². The number of benzene rings is 1. The van der Waals surface area contributed by atoms with E-state index in [1.165, 1.54) is 18.5 Å². The van der Waals surface area contributed by atoms with Crippen molar-refractivity contribution >= 4 is 11.7 Å². The van der Waals surface area contributed by atoms with E-state index in [1.807, 2.05) is 9.80 Å². The molecule has 2 fully saturated rings. The summed E-state index contributed by atoms with van der Waals surface area (Å²) in [7, 11) is 1.70. The second-order valence-corrected chi connectivity index (χ2v) is 9.99. The Morgan fingerprint density at radius 2 is 1.89 bits per heavy atom. The molecule has 3 aliphatic heterocycles. The molecule has 5 rings (SSSR count). The number of nitrogens with zero attached hydrogens (tertiary/aromatic N) is 4. The Morgan fingerprint density at radius 1 is 1.14 bits per heavy atom. The molecule has 200 valence electrons. The Labute approximate surface area is 214 Å². The molecule has 1 amide bonds. The molecule has 0 aliphatic carbocycles. The van der Waals surface area contributed by atoms with E-state index < -0.39 is 11.7 Å². The smallest absolute Gasteiger partial charge is 0.379 e. The first-order chi connectivity index (χ1) is 17.7. The van der Waals surface area contributed by atoms with Crippen molar-refractivity contribution in [2.45, 2.75) is 63.6 Å². The zero-order chi connectivity index (χ0) is 26.2. The summed E-state index contributed by atoms with van der Waals surface area (Å²) in [5.41, 5.74) is 1.77. The molecular formula is C26H32F3N5O3. The number of aromatic nitrogens is 2. The second kappa shape index (κ2) is 10.5. The van der Waals surface area contributed by atoms with E-state index in [0.29, 0.717) is 61.5 Å². The number of rotatable bonds is 5. The van der Waals surface area contributed by atoms with E-state index in [1.54, 1.807) is 14.0 Å². The van der Waals surface area contributed by atoms with Crippen LogP contribution < -0.4 is 10.2 Å². The van der Waals surface area contributed by atoms with Crippen LogP contribution in [0, 0.1) is 6.92 Å². The van der Waals surface area contributed by atoms with Gasteiger partial charge in [-0.3, -0.25) is 4.79 Å². The summed E-state index contributed by atoms with van der Waals surface area (Å²) < 4.78 is 50.5. The third kappa shape index (κ3) is 5.44. The van der Waals surface area contributed by atoms with Gasteiger partial charge in [-0.2, -0.15) is 13.2 Å². The topological polar surface area (TPSA) is 79.8 Å². The van der Waals surface area contributed by atoms with Gasteiger partial charge in [-0.1, -0.05) is 6.07 Å². The summed E-state index contributed by atoms with van der Waals surface area (Å²) in [5, 5.41) is 3.69. The summed E-state index contributed by atoms with van der Waals surface area (Å²) >= 11 is 0. The molecule has 1 N–H and O–H groups in total. The maximum Gasteiger partial charge on any atom is 0.416 e. The molecule has 2 saturated heterocycles. The zero-order valence-corrected chi connectivity index (χ0v) is 21.1. The van der Waals surface area contributed by atoms with Crippen LogP contribution in [-0.4, -0.2) is 72.4 Å². The van der Waals surface area contributed by atoms with Crippen LogP contribution >= 0.6 is 0 Å². The molecule has 2 aromatic rings. The number of likely N-dealkylation sites (tertiary alicyclic amines) is 1. The van der Waals surface area contributed by atoms with Gasteiger partial charge in [0, 0.05) is 57.5 Å². The third-order valence-corrected chi connectivity index (χ3v) is 7.65. The van der Waals surface area contributed by atoms with Gasteiger partial charge in [-0.05, 0) is 49.4 Å². The number of amides is 1. The molecule has 0 saturated carbocycles. The van der Waals surface area contributed by atoms with Crippen molar-refractivity contribution in [3.63, 3.8) is 0 Å². The Hall–Kier alpha value is -2.76. The molecule has 3 aliphatic rings. The number of fused-ring (bicyclic) bond motifs is 1. The van der Waals surface area contributed by atoms with Gasteiger partial charge in [0.25, 0.3) is 5.91 Å². The number of methoxy groups -OCH3 is 1. The Kier molecular flexibility index (Phi) is 7.37. The number of carbonyl (C=O) groups is 1. The van der Waals surface area contributed by atoms with Crippen LogP contribution in [0.4, 0.5) is 19.0 Å². The van der Waals surface area contributed by atoms with Crippen molar-refractivity contribution in [3.05, 3.63) is 52.5 Å². The lowest BCUT2D eigenvalue weighted by Gasteiger charge is -2.38. The number of nitrogens with one attached hydrogen (secondary N) is 1. The monoisotopic (exact) mass is 519 g/mol. The highest BCUT2D eigenvalue weighted by atomic mass is 19.4. The number of alkyl halides is 3. The van der Waals surface area contributed by atoms with E-state index >= 15 is 0 Å². The van der Waals surface area contributed by atoms with Gasteiger partial charge in [0.1, 0.15) is 17.8 Å². The molecule has 1 aromatic heterocycles. The highest BCUT2D eigenvalue weighted by molar-refractivity contribution is 5.94. The van der Waals surface area contributed by atoms with Gasteiger partial charge in [0.05, 0.1) is 18.3 Å². The lowest BCUT2D eigenvalue weighted by Crippen LogP contribution is -2.54. The number of anilines is 1. The average Bonchev–Trinajstić information content (AvgIpc) is 3.32. The second-order valence-electron chi connectivity index (χ2n) is 9.99. The fraction of sp³-hybridized carbons (Fsp3) is 0.577. The van der Waals surface area contributed by atoms with Crippen molar-refractivity contribution in [1.29, 1.82) is 0 Å². The molecule has 0 bridgehead atoms. The summed E-state index contributed by atoms with van der Waals surface area (Å²) in [5.74, 6) is 0.432. The van der Waals surface area contributed by atoms with E-state index in [4.69, 9.17) is 9.47 Å². The Balaban J connectivity index is 1.23. The molecule has 0 spiro atoms. The van der Waals surface area contributed by atoms with E-state index in [2.05, 4.69) is 15.3 Å². The Morgan fingerprint density at radius 3 is 2.62 bits per heavy atom. The fourth-order valence-electron chi connectivity index (χ4n) is 5.53. The number of piperidine rings is 1. The van der Waals surface area contributed by atoms with Crippen LogP contribution in [-0.2, 0) is 28.7 Å². The van der Waals surface area contributed by atoms with Crippen LogP contribution in [0.1, 0.15) is 52.0 Å². The summed E-state index contributed by atoms with van der Waals surface area (Å²) in [6.07, 6.45) is -0.416. The molecule has 11 heteroatoms. The standard InChI is InChI=1S/C26H32F3N5O3/c1-16-23(25(35)33-8-5-20(6-9-33)32-21-7-10-37-14-22(21)36-2)30-15-31-24(16)34-12-17-3-4-19(26(27,28)29)11-18(17)13-34/h3-4,11,15,20-22,32H,5-10,12-14H2,1-2H3. The third-order valence-electron chi connectivity index (χ3n) is 7.65. The molecular weight excluding hydrogens is 487 g/mol. The van der Waals surface area contributed by atoms with Crippen LogP contribution in [0.25, 0.3) is 0 Å². The van der Waals surface area contributed by atoms with Gasteiger partial charge in [-0.15, -0.1) is 0 Å². The molecule has 4 heterocycles. The van der Waals surface area contributed by atoms with Gasteiger partial charge < -0.3 is 24.6 Å². The Bertz CT molecular complexity index is 1140. The first-order valence-corrected chi connectivity index (χ1v) is 12.7. The maximum absolute atomic E-state index is 13.4. The van der Waals surface area contributed by atoms with Crippen molar-refractivity contribution in [2.24, 2.45) is 0 Å². The average molecular weight is 520 g/mol. The molecule has 2 atom stereocenters. The number of ether oxygens (including phenoxy) is 2. The predicted octanol–water partition coefficient (Wildman–Crippen LogP) is 3.32. The number of hydrogen-bond donors (Lipinski definition) is 1. The molecule has 8 nitrogen and oxygen atoms in total. The SMILES string of the molecule is COC1COCCC1NC1CCN(C(=O)c2ncnc(N3Cc4ccc(C(F)(F)F)cc4C3)c2C)CC1. The predicted molar refractivity (Wildman–Crippen MR) is 130 cm³/mol. The minimum atomic E-state index is -4.38. The molecule has 37 heavy (non-hydrogen) atoms. The highest BCUT2D eigenvalue weighted by Gasteiger charge is 2.34. The normalized spacial score (nSPS) is 22.8. The highest BCUT2D eigenvalue weighted by Crippen LogP contribution is 2.35. The minimum absolute atomic E-state index is 0.0345. The van der Waals surface area contributed by atoms with Gasteiger partial charge in [0.2, 0.25) is 0 Å². The quantitative estimate of drug-likeness (QED) is 0.649. The summed E-state index contributed by atoms with van der Waals surface area (Å²) in [4.78, 5) is 25.8. The van der Waals surface area contributed by atoms with Crippen LogP contribution in [0.15, 0.2) is 24.5 Å². The van der Waals surface area contributed by atoms with E-state index in [-0.39, 0.29) is 18.1 Å². The fourth-order valence-corrected chi connectivity index (χ4v) is 5.53. The maximum atomic E-state index is 13.4. The first kappa shape index (κ1) is 25.9. The largest absolute Gasteiger partial charge is 0.416 e. The van der Waals surface area contributed by atoms with Crippen LogP contribution in [0.5, 0.6) is 0 Å². The molecule has 2 unspecified atom stereocenters. The number of halogens is 3. The van der Waals surface area contributed by atoms with E-state index in [0.717, 1.165) is 37.5 Å². The van der Waals surface area contributed by atoms with Gasteiger partial charge in [-0.25, -0.2) is 9.97 Å².